The smallest absolute Gasteiger partial charge is 0.407 e. The van der Waals surface area contributed by atoms with Crippen molar-refractivity contribution in [3.63, 3.8) is 0 Å². The summed E-state index contributed by atoms with van der Waals surface area (Å²) in [5, 5.41) is 2.79. The summed E-state index contributed by atoms with van der Waals surface area (Å²) >= 11 is 0. The molecule has 0 aromatic carbocycles. The third-order valence-corrected chi connectivity index (χ3v) is 4.17. The molecular formula is C17H28N2O3. The second-order valence-corrected chi connectivity index (χ2v) is 7.64. The number of hydrogen-bond acceptors (Lipinski definition) is 4. The highest BCUT2D eigenvalue weighted by molar-refractivity contribution is 5.67. The summed E-state index contributed by atoms with van der Waals surface area (Å²) in [6.07, 6.45) is 0.748. The molecule has 1 fully saturated rings. The van der Waals surface area contributed by atoms with Crippen LogP contribution in [-0.4, -0.2) is 24.8 Å². The first kappa shape index (κ1) is 16.9. The highest BCUT2D eigenvalue weighted by Crippen LogP contribution is 2.47. The van der Waals surface area contributed by atoms with E-state index in [9.17, 15) is 4.79 Å². The number of carbonyl (C=O) groups is 1. The summed E-state index contributed by atoms with van der Waals surface area (Å²) in [5.41, 5.74) is 4.98. The van der Waals surface area contributed by atoms with Crippen molar-refractivity contribution < 1.29 is 13.9 Å². The van der Waals surface area contributed by atoms with Crippen LogP contribution in [0.25, 0.3) is 0 Å². The number of rotatable bonds is 5. The molecule has 0 saturated heterocycles. The largest absolute Gasteiger partial charge is 0.465 e. The molecule has 5 nitrogen and oxygen atoms in total. The van der Waals surface area contributed by atoms with Crippen LogP contribution < -0.4 is 11.1 Å². The van der Waals surface area contributed by atoms with E-state index in [1.165, 1.54) is 6.42 Å². The van der Waals surface area contributed by atoms with Gasteiger partial charge in [0.05, 0.1) is 5.41 Å². The molecule has 3 N–H and O–H groups in total. The molecule has 1 aliphatic rings. The van der Waals surface area contributed by atoms with Gasteiger partial charge < -0.3 is 20.2 Å². The van der Waals surface area contributed by atoms with E-state index >= 15 is 0 Å². The molecule has 0 spiro atoms. The van der Waals surface area contributed by atoms with Crippen LogP contribution in [0.1, 0.15) is 58.5 Å². The monoisotopic (exact) mass is 308 g/mol. The van der Waals surface area contributed by atoms with E-state index in [2.05, 4.69) is 12.2 Å². The van der Waals surface area contributed by atoms with Gasteiger partial charge in [-0.2, -0.15) is 0 Å². The molecule has 1 amide bonds. The Bertz CT molecular complexity index is 532. The van der Waals surface area contributed by atoms with Crippen LogP contribution in [0.3, 0.4) is 0 Å². The van der Waals surface area contributed by atoms with Gasteiger partial charge in [-0.15, -0.1) is 0 Å². The Morgan fingerprint density at radius 3 is 2.55 bits per heavy atom. The van der Waals surface area contributed by atoms with Gasteiger partial charge in [0.2, 0.25) is 0 Å². The van der Waals surface area contributed by atoms with E-state index < -0.39 is 17.1 Å². The van der Waals surface area contributed by atoms with Crippen molar-refractivity contribution >= 4 is 6.09 Å². The minimum atomic E-state index is -0.511. The van der Waals surface area contributed by atoms with Gasteiger partial charge in [-0.05, 0) is 52.2 Å². The third-order valence-electron chi connectivity index (χ3n) is 4.17. The lowest BCUT2D eigenvalue weighted by Crippen LogP contribution is -2.45. The molecule has 1 aliphatic carbocycles. The molecular weight excluding hydrogens is 280 g/mol. The normalized spacial score (nSPS) is 23.7. The maximum atomic E-state index is 11.8. The third kappa shape index (κ3) is 4.03. The highest BCUT2D eigenvalue weighted by Gasteiger charge is 2.38. The summed E-state index contributed by atoms with van der Waals surface area (Å²) in [4.78, 5) is 11.8. The molecule has 1 aromatic rings. The minimum absolute atomic E-state index is 0.381. The zero-order chi connectivity index (χ0) is 16.5. The first-order chi connectivity index (χ1) is 10.1. The average molecular weight is 308 g/mol. The van der Waals surface area contributed by atoms with Crippen LogP contribution in [0, 0.1) is 5.92 Å². The van der Waals surface area contributed by atoms with Gasteiger partial charge in [0.1, 0.15) is 17.1 Å². The second kappa shape index (κ2) is 5.95. The average Bonchev–Trinajstić information content (AvgIpc) is 2.94. The quantitative estimate of drug-likeness (QED) is 0.876. The van der Waals surface area contributed by atoms with Crippen molar-refractivity contribution in [2.45, 2.75) is 58.0 Å². The molecule has 22 heavy (non-hydrogen) atoms. The fourth-order valence-electron chi connectivity index (χ4n) is 2.44. The molecule has 0 bridgehead atoms. The first-order valence-electron chi connectivity index (χ1n) is 7.92. The Hall–Kier alpha value is -1.49. The number of furan rings is 1. The molecule has 124 valence electrons. The van der Waals surface area contributed by atoms with Crippen molar-refractivity contribution in [2.75, 3.05) is 13.1 Å². The molecule has 1 aromatic heterocycles. The molecule has 0 aliphatic heterocycles. The lowest BCUT2D eigenvalue weighted by Gasteiger charge is -2.27. The van der Waals surface area contributed by atoms with Gasteiger partial charge in [-0.3, -0.25) is 0 Å². The summed E-state index contributed by atoms with van der Waals surface area (Å²) in [6.45, 7) is 10.5. The van der Waals surface area contributed by atoms with E-state index in [1.54, 1.807) is 0 Å². The topological polar surface area (TPSA) is 77.5 Å². The predicted octanol–water partition coefficient (Wildman–Crippen LogP) is 3.14. The van der Waals surface area contributed by atoms with Crippen LogP contribution in [0.2, 0.25) is 0 Å². The van der Waals surface area contributed by atoms with Crippen molar-refractivity contribution in [3.8, 4) is 0 Å². The first-order valence-corrected chi connectivity index (χ1v) is 7.92. The fourth-order valence-corrected chi connectivity index (χ4v) is 2.44. The van der Waals surface area contributed by atoms with Crippen LogP contribution in [0.4, 0.5) is 4.79 Å². The number of ether oxygens (including phenoxy) is 1. The van der Waals surface area contributed by atoms with Crippen LogP contribution in [0.15, 0.2) is 16.5 Å². The van der Waals surface area contributed by atoms with Gasteiger partial charge in [-0.1, -0.05) is 6.92 Å². The number of nitrogens with one attached hydrogen (secondary N) is 1. The Morgan fingerprint density at radius 2 is 2.05 bits per heavy atom. The van der Waals surface area contributed by atoms with Crippen LogP contribution in [0.5, 0.6) is 0 Å². The maximum absolute atomic E-state index is 11.8. The Kier molecular flexibility index (Phi) is 4.57. The number of amides is 1. The Morgan fingerprint density at radius 1 is 1.41 bits per heavy atom. The molecule has 3 unspecified atom stereocenters. The van der Waals surface area contributed by atoms with Gasteiger partial charge in [0.15, 0.2) is 0 Å². The SMILES string of the molecule is CC1CC1c1ccc(C(C)(CN)CNC(=O)OC(C)(C)C)o1. The van der Waals surface area contributed by atoms with Gasteiger partial charge in [0, 0.05) is 19.0 Å². The van der Waals surface area contributed by atoms with Crippen LogP contribution >= 0.6 is 0 Å². The Balaban J connectivity index is 1.99. The van der Waals surface area contributed by atoms with E-state index in [-0.39, 0.29) is 0 Å². The molecule has 3 atom stereocenters. The zero-order valence-corrected chi connectivity index (χ0v) is 14.2. The summed E-state index contributed by atoms with van der Waals surface area (Å²) < 4.78 is 11.3. The van der Waals surface area contributed by atoms with E-state index in [4.69, 9.17) is 14.9 Å². The number of nitrogens with two attached hydrogens (primary N) is 1. The lowest BCUT2D eigenvalue weighted by atomic mass is 9.88. The van der Waals surface area contributed by atoms with Gasteiger partial charge in [0.25, 0.3) is 0 Å². The summed E-state index contributed by atoms with van der Waals surface area (Å²) in [7, 11) is 0. The summed E-state index contributed by atoms with van der Waals surface area (Å²) in [5.74, 6) is 3.08. The Labute approximate surface area is 132 Å². The molecule has 5 heteroatoms. The van der Waals surface area contributed by atoms with Gasteiger partial charge >= 0.3 is 6.09 Å². The highest BCUT2D eigenvalue weighted by atomic mass is 16.6. The van der Waals surface area contributed by atoms with Crippen LogP contribution in [-0.2, 0) is 10.2 Å². The number of alkyl carbamates (subject to hydrolysis) is 1. The predicted molar refractivity (Wildman–Crippen MR) is 85.9 cm³/mol. The van der Waals surface area contributed by atoms with E-state index in [0.717, 1.165) is 11.5 Å². The number of hydrogen-bond donors (Lipinski definition) is 2. The van der Waals surface area contributed by atoms with Crippen molar-refractivity contribution in [2.24, 2.45) is 11.7 Å². The fraction of sp³-hybridized carbons (Fsp3) is 0.706. The molecule has 0 radical (unpaired) electrons. The number of carbonyl (C=O) groups excluding carboxylic acids is 1. The standard InChI is InChI=1S/C17H28N2O3/c1-11-8-12(11)13-6-7-14(21-13)17(5,9-18)10-19-15(20)22-16(2,3)4/h6-7,11-12H,8-10,18H2,1-5H3,(H,19,20). The molecule has 2 rings (SSSR count). The van der Waals surface area contributed by atoms with E-state index in [1.807, 2.05) is 39.8 Å². The summed E-state index contributed by atoms with van der Waals surface area (Å²) in [6, 6.07) is 4.01. The van der Waals surface area contributed by atoms with Gasteiger partial charge in [-0.25, -0.2) is 4.79 Å². The lowest BCUT2D eigenvalue weighted by molar-refractivity contribution is 0.0514. The van der Waals surface area contributed by atoms with Crippen molar-refractivity contribution in [1.82, 2.24) is 5.32 Å². The zero-order valence-electron chi connectivity index (χ0n) is 14.2. The van der Waals surface area contributed by atoms with Crippen molar-refractivity contribution in [3.05, 3.63) is 23.7 Å². The molecule has 1 saturated carbocycles. The van der Waals surface area contributed by atoms with Crippen molar-refractivity contribution in [1.29, 1.82) is 0 Å². The van der Waals surface area contributed by atoms with E-state index in [0.29, 0.717) is 24.9 Å². The minimum Gasteiger partial charge on any atom is -0.465 e. The maximum Gasteiger partial charge on any atom is 0.407 e. The second-order valence-electron chi connectivity index (χ2n) is 7.64. The molecule has 1 heterocycles.